The molecule has 2 amide bonds. The zero-order valence-corrected chi connectivity index (χ0v) is 19.8. The fourth-order valence-corrected chi connectivity index (χ4v) is 3.42. The Morgan fingerprint density at radius 2 is 1.93 bits per heavy atom. The summed E-state index contributed by atoms with van der Waals surface area (Å²) < 4.78 is 0. The molecule has 0 aliphatic carbocycles. The van der Waals surface area contributed by atoms with E-state index in [1.165, 1.54) is 0 Å². The smallest absolute Gasteiger partial charge is 0.243 e. The maximum absolute atomic E-state index is 12.9. The van der Waals surface area contributed by atoms with Crippen LogP contribution in [-0.2, 0) is 20.9 Å². The Hall–Kier alpha value is -2.17. The van der Waals surface area contributed by atoms with Crippen molar-refractivity contribution in [3.05, 3.63) is 35.4 Å². The third-order valence-electron chi connectivity index (χ3n) is 4.89. The molecule has 0 radical (unpaired) electrons. The molecule has 1 fully saturated rings. The number of hydrogen-bond acceptors (Lipinski definition) is 4. The number of amides is 2. The predicted molar refractivity (Wildman–Crippen MR) is 123 cm³/mol. The molecule has 0 spiro atoms. The largest absolute Gasteiger partial charge is 0.350 e. The van der Waals surface area contributed by atoms with Crippen molar-refractivity contribution in [1.29, 1.82) is 0 Å². The van der Waals surface area contributed by atoms with E-state index in [2.05, 4.69) is 32.5 Å². The lowest BCUT2D eigenvalue weighted by molar-refractivity contribution is -0.142. The van der Waals surface area contributed by atoms with Crippen molar-refractivity contribution >= 4 is 34.0 Å². The van der Waals surface area contributed by atoms with E-state index >= 15 is 0 Å². The molecule has 1 heterocycles. The molecule has 1 saturated heterocycles. The number of halogens is 1. The van der Waals surface area contributed by atoms with Gasteiger partial charge >= 0.3 is 0 Å². The van der Waals surface area contributed by atoms with Crippen molar-refractivity contribution in [2.75, 3.05) is 18.9 Å². The number of carbonyl (C=O) groups is 3. The number of alkyl halides is 1. The Bertz CT molecular complexity index is 750. The molecule has 30 heavy (non-hydrogen) atoms. The van der Waals surface area contributed by atoms with Gasteiger partial charge in [0.2, 0.25) is 11.8 Å². The van der Waals surface area contributed by atoms with Crippen LogP contribution in [0.25, 0.3) is 0 Å². The molecular weight excluding hydrogens is 446 g/mol. The van der Waals surface area contributed by atoms with Crippen molar-refractivity contribution in [2.45, 2.75) is 52.2 Å². The first-order valence-electron chi connectivity index (χ1n) is 10.00. The maximum Gasteiger partial charge on any atom is 0.243 e. The first-order valence-corrected chi connectivity index (χ1v) is 11.1. The molecule has 0 aromatic heterocycles. The number of hydrogen-bond donors (Lipinski definition) is 2. The summed E-state index contributed by atoms with van der Waals surface area (Å²) in [5.41, 5.74) is 1.58. The second kappa shape index (κ2) is 12.5. The first kappa shape index (κ1) is 25.9. The summed E-state index contributed by atoms with van der Waals surface area (Å²) >= 11 is 2.88. The molecule has 1 aromatic rings. The summed E-state index contributed by atoms with van der Waals surface area (Å²) in [4.78, 5) is 36.5. The topological polar surface area (TPSA) is 78.5 Å². The monoisotopic (exact) mass is 477 g/mol. The molecule has 1 aliphatic rings. The second-order valence-corrected chi connectivity index (χ2v) is 8.80. The third-order valence-corrected chi connectivity index (χ3v) is 5.15. The van der Waals surface area contributed by atoms with Crippen LogP contribution in [0.3, 0.4) is 0 Å². The summed E-state index contributed by atoms with van der Waals surface area (Å²) in [6.07, 6.45) is 7.70. The Morgan fingerprint density at radius 1 is 1.33 bits per heavy atom. The van der Waals surface area contributed by atoms with Gasteiger partial charge in [-0.1, -0.05) is 54.8 Å². The molecular formula is C23H32BrN3O3. The van der Waals surface area contributed by atoms with Crippen LogP contribution >= 0.6 is 15.9 Å². The minimum absolute atomic E-state index is 0.00368. The van der Waals surface area contributed by atoms with Gasteiger partial charge < -0.3 is 20.3 Å². The molecule has 7 heteroatoms. The third kappa shape index (κ3) is 7.58. The Labute approximate surface area is 188 Å². The lowest BCUT2D eigenvalue weighted by Crippen LogP contribution is -2.55. The minimum atomic E-state index is -0.398. The lowest BCUT2D eigenvalue weighted by Gasteiger charge is -2.34. The number of benzene rings is 1. The van der Waals surface area contributed by atoms with E-state index in [1.807, 2.05) is 45.0 Å². The van der Waals surface area contributed by atoms with Gasteiger partial charge in [0.05, 0.1) is 11.4 Å². The molecule has 2 rings (SSSR count). The second-order valence-electron chi connectivity index (χ2n) is 8.16. The zero-order valence-electron chi connectivity index (χ0n) is 18.2. The van der Waals surface area contributed by atoms with Crippen molar-refractivity contribution in [3.8, 4) is 12.3 Å². The molecule has 1 aromatic carbocycles. The quantitative estimate of drug-likeness (QED) is 0.374. The first-order chi connectivity index (χ1) is 14.2. The van der Waals surface area contributed by atoms with E-state index in [9.17, 15) is 9.59 Å². The Balaban J connectivity index is 0.00000103. The molecule has 0 saturated carbocycles. The number of carbonyl (C=O) groups excluding carboxylic acids is 3. The number of likely N-dealkylation sites (N-methyl/N-ethyl adjacent to an activating group) is 1. The van der Waals surface area contributed by atoms with Gasteiger partial charge in [-0.15, -0.1) is 6.42 Å². The molecule has 164 valence electrons. The van der Waals surface area contributed by atoms with Gasteiger partial charge in [-0.3, -0.25) is 9.59 Å². The Morgan fingerprint density at radius 3 is 2.40 bits per heavy atom. The minimum Gasteiger partial charge on any atom is -0.350 e. The van der Waals surface area contributed by atoms with Crippen LogP contribution in [0.4, 0.5) is 0 Å². The molecule has 1 aliphatic heterocycles. The van der Waals surface area contributed by atoms with E-state index in [-0.39, 0.29) is 23.3 Å². The highest BCUT2D eigenvalue weighted by molar-refractivity contribution is 9.09. The highest BCUT2D eigenvalue weighted by atomic mass is 79.9. The molecule has 2 N–H and O–H groups in total. The van der Waals surface area contributed by atoms with Gasteiger partial charge in [-0.05, 0) is 43.0 Å². The number of terminal acetylenes is 1. The van der Waals surface area contributed by atoms with Gasteiger partial charge in [0.15, 0.2) is 0 Å². The van der Waals surface area contributed by atoms with E-state index < -0.39 is 6.04 Å². The molecule has 2 unspecified atom stereocenters. The van der Waals surface area contributed by atoms with Crippen LogP contribution in [0.1, 0.15) is 44.7 Å². The zero-order chi connectivity index (χ0) is 22.7. The lowest BCUT2D eigenvalue weighted by atomic mass is 9.86. The Kier molecular flexibility index (Phi) is 10.8. The van der Waals surface area contributed by atoms with Crippen molar-refractivity contribution in [2.24, 2.45) is 5.41 Å². The summed E-state index contributed by atoms with van der Waals surface area (Å²) in [7, 11) is 1.79. The number of rotatable bonds is 6. The SMILES string of the molecule is C#Cc1ccc(CNC(=O)C2CCCN2C(=O)C(NC)C(C)(C)C)cc1.O=CCBr. The van der Waals surface area contributed by atoms with Gasteiger partial charge in [0.1, 0.15) is 12.3 Å². The highest BCUT2D eigenvalue weighted by Crippen LogP contribution is 2.25. The number of nitrogens with one attached hydrogen (secondary N) is 2. The highest BCUT2D eigenvalue weighted by Gasteiger charge is 2.40. The van der Waals surface area contributed by atoms with Gasteiger partial charge in [0, 0.05) is 18.7 Å². The average Bonchev–Trinajstić information content (AvgIpc) is 3.22. The van der Waals surface area contributed by atoms with E-state index in [4.69, 9.17) is 11.2 Å². The summed E-state index contributed by atoms with van der Waals surface area (Å²) in [6.45, 7) is 7.13. The standard InChI is InChI=1S/C21H29N3O2.C2H3BrO/c1-6-15-9-11-16(12-10-15)14-23-19(25)17-8-7-13-24(17)20(26)18(22-5)21(2,3)4;3-1-2-4/h1,9-12,17-18,22H,7-8,13-14H2,2-5H3,(H,23,25);2H,1H2. The van der Waals surface area contributed by atoms with E-state index in [0.29, 0.717) is 24.8 Å². The fraction of sp³-hybridized carbons (Fsp3) is 0.522. The van der Waals surface area contributed by atoms with Crippen molar-refractivity contribution < 1.29 is 14.4 Å². The molecule has 2 atom stereocenters. The summed E-state index contributed by atoms with van der Waals surface area (Å²) in [6, 6.07) is 6.81. The van der Waals surface area contributed by atoms with Crippen LogP contribution in [-0.4, -0.2) is 54.0 Å². The van der Waals surface area contributed by atoms with Crippen LogP contribution in [0, 0.1) is 17.8 Å². The fourth-order valence-electron chi connectivity index (χ4n) is 3.42. The van der Waals surface area contributed by atoms with Gasteiger partial charge in [-0.25, -0.2) is 0 Å². The number of nitrogens with zero attached hydrogens (tertiary/aromatic N) is 1. The van der Waals surface area contributed by atoms with Crippen LogP contribution in [0.2, 0.25) is 0 Å². The van der Waals surface area contributed by atoms with Crippen LogP contribution in [0.5, 0.6) is 0 Å². The summed E-state index contributed by atoms with van der Waals surface area (Å²) in [5.74, 6) is 2.47. The van der Waals surface area contributed by atoms with E-state index in [1.54, 1.807) is 11.9 Å². The predicted octanol–water partition coefficient (Wildman–Crippen LogP) is 2.49. The maximum atomic E-state index is 12.9. The average molecular weight is 478 g/mol. The molecule has 6 nitrogen and oxygen atoms in total. The van der Waals surface area contributed by atoms with E-state index in [0.717, 1.165) is 23.8 Å². The molecule has 0 bridgehead atoms. The number of likely N-dealkylation sites (tertiary alicyclic amines) is 1. The van der Waals surface area contributed by atoms with Crippen molar-refractivity contribution in [1.82, 2.24) is 15.5 Å². The van der Waals surface area contributed by atoms with Crippen molar-refractivity contribution in [3.63, 3.8) is 0 Å². The number of aldehydes is 1. The van der Waals surface area contributed by atoms with Gasteiger partial charge in [-0.2, -0.15) is 0 Å². The van der Waals surface area contributed by atoms with Crippen LogP contribution < -0.4 is 10.6 Å². The normalized spacial score (nSPS) is 16.7. The summed E-state index contributed by atoms with van der Waals surface area (Å²) in [5, 5.41) is 6.51. The van der Waals surface area contributed by atoms with Gasteiger partial charge in [0.25, 0.3) is 0 Å². The van der Waals surface area contributed by atoms with Crippen LogP contribution in [0.15, 0.2) is 24.3 Å².